The fourth-order valence-electron chi connectivity index (χ4n) is 1.55. The number of rotatable bonds is 5. The van der Waals surface area contributed by atoms with Crippen LogP contribution in [0.15, 0.2) is 0 Å². The number of methoxy groups -OCH3 is 1. The molecule has 3 atom stereocenters. The number of carbonyl (C=O) groups excluding carboxylic acids is 1. The molecule has 1 aliphatic rings. The van der Waals surface area contributed by atoms with E-state index in [-0.39, 0.29) is 12.1 Å². The molecule has 0 bridgehead atoms. The lowest BCUT2D eigenvalue weighted by Crippen LogP contribution is -2.66. The molecule has 9 heteroatoms. The Hall–Kier alpha value is -0.900. The van der Waals surface area contributed by atoms with Gasteiger partial charge in [0.25, 0.3) is 0 Å². The number of hydrogen-bond donors (Lipinski definition) is 3. The lowest BCUT2D eigenvalue weighted by atomic mass is 9.84. The topological polar surface area (TPSA) is 120 Å². The van der Waals surface area contributed by atoms with Crippen LogP contribution in [0.3, 0.4) is 0 Å². The van der Waals surface area contributed by atoms with Crippen LogP contribution < -0.4 is 15.2 Å². The SMILES string of the molecule is CCOC1CC(N)C1NS(=O)(=O)NC(=O)OC. The number of amides is 1. The van der Waals surface area contributed by atoms with E-state index < -0.39 is 22.3 Å². The van der Waals surface area contributed by atoms with E-state index >= 15 is 0 Å². The predicted molar refractivity (Wildman–Crippen MR) is 59.4 cm³/mol. The molecule has 1 aliphatic carbocycles. The van der Waals surface area contributed by atoms with Crippen LogP contribution in [-0.2, 0) is 19.7 Å². The summed E-state index contributed by atoms with van der Waals surface area (Å²) in [6, 6.07) is -0.849. The first-order valence-corrected chi connectivity index (χ1v) is 6.63. The van der Waals surface area contributed by atoms with E-state index in [0.717, 1.165) is 7.11 Å². The van der Waals surface area contributed by atoms with Gasteiger partial charge in [-0.1, -0.05) is 0 Å². The number of nitrogens with two attached hydrogens (primary N) is 1. The third kappa shape index (κ3) is 3.80. The predicted octanol–water partition coefficient (Wildman–Crippen LogP) is -1.32. The minimum Gasteiger partial charge on any atom is -0.452 e. The van der Waals surface area contributed by atoms with E-state index in [1.54, 1.807) is 4.72 Å². The first-order valence-electron chi connectivity index (χ1n) is 5.14. The van der Waals surface area contributed by atoms with Crippen molar-refractivity contribution < 1.29 is 22.7 Å². The smallest absolute Gasteiger partial charge is 0.421 e. The number of hydrogen-bond acceptors (Lipinski definition) is 6. The van der Waals surface area contributed by atoms with Crippen molar-refractivity contribution >= 4 is 16.3 Å². The maximum absolute atomic E-state index is 11.5. The van der Waals surface area contributed by atoms with E-state index in [0.29, 0.717) is 13.0 Å². The van der Waals surface area contributed by atoms with E-state index in [4.69, 9.17) is 10.5 Å². The third-order valence-corrected chi connectivity index (χ3v) is 3.46. The summed E-state index contributed by atoms with van der Waals surface area (Å²) in [5, 5.41) is 0. The maximum atomic E-state index is 11.5. The minimum atomic E-state index is -3.97. The van der Waals surface area contributed by atoms with Gasteiger partial charge in [-0.25, -0.2) is 9.52 Å². The molecule has 0 spiro atoms. The summed E-state index contributed by atoms with van der Waals surface area (Å²) in [4.78, 5) is 10.8. The highest BCUT2D eigenvalue weighted by Gasteiger charge is 2.42. The van der Waals surface area contributed by atoms with Gasteiger partial charge in [0.15, 0.2) is 0 Å². The highest BCUT2D eigenvalue weighted by molar-refractivity contribution is 7.88. The van der Waals surface area contributed by atoms with Gasteiger partial charge in [0.1, 0.15) is 0 Å². The number of ether oxygens (including phenoxy) is 2. The van der Waals surface area contributed by atoms with Crippen LogP contribution in [0.4, 0.5) is 4.79 Å². The van der Waals surface area contributed by atoms with Gasteiger partial charge in [0.05, 0.1) is 19.3 Å². The van der Waals surface area contributed by atoms with Crippen molar-refractivity contribution in [2.24, 2.45) is 5.73 Å². The van der Waals surface area contributed by atoms with Crippen molar-refractivity contribution in [2.45, 2.75) is 31.5 Å². The van der Waals surface area contributed by atoms with E-state index in [1.807, 2.05) is 6.92 Å². The molecule has 4 N–H and O–H groups in total. The zero-order valence-electron chi connectivity index (χ0n) is 9.67. The largest absolute Gasteiger partial charge is 0.452 e. The molecule has 1 rings (SSSR count). The first-order chi connectivity index (χ1) is 7.89. The van der Waals surface area contributed by atoms with Crippen LogP contribution in [0, 0.1) is 0 Å². The molecular formula is C8H17N3O5S. The molecule has 8 nitrogen and oxygen atoms in total. The van der Waals surface area contributed by atoms with E-state index in [1.165, 1.54) is 0 Å². The number of nitrogens with one attached hydrogen (secondary N) is 2. The second-order valence-corrected chi connectivity index (χ2v) is 5.08. The Balaban J connectivity index is 2.54. The van der Waals surface area contributed by atoms with Gasteiger partial charge >= 0.3 is 16.3 Å². The minimum absolute atomic E-state index is 0.260. The van der Waals surface area contributed by atoms with Crippen molar-refractivity contribution in [3.8, 4) is 0 Å². The molecule has 0 aromatic rings. The first kappa shape index (κ1) is 14.2. The number of carbonyl (C=O) groups is 1. The summed E-state index contributed by atoms with van der Waals surface area (Å²) in [5.41, 5.74) is 5.66. The molecule has 1 amide bonds. The fraction of sp³-hybridized carbons (Fsp3) is 0.875. The average Bonchev–Trinajstić information content (AvgIpc) is 2.25. The molecule has 0 saturated heterocycles. The lowest BCUT2D eigenvalue weighted by Gasteiger charge is -2.41. The van der Waals surface area contributed by atoms with Gasteiger partial charge in [0, 0.05) is 12.6 Å². The van der Waals surface area contributed by atoms with Crippen LogP contribution >= 0.6 is 0 Å². The van der Waals surface area contributed by atoms with Gasteiger partial charge in [0.2, 0.25) is 0 Å². The van der Waals surface area contributed by atoms with Crippen LogP contribution in [0.2, 0.25) is 0 Å². The highest BCUT2D eigenvalue weighted by atomic mass is 32.2. The van der Waals surface area contributed by atoms with Crippen LogP contribution in [0.1, 0.15) is 13.3 Å². The van der Waals surface area contributed by atoms with Crippen molar-refractivity contribution in [2.75, 3.05) is 13.7 Å². The molecule has 0 heterocycles. The Morgan fingerprint density at radius 2 is 2.18 bits per heavy atom. The summed E-state index contributed by atoms with van der Waals surface area (Å²) in [5.74, 6) is 0. The zero-order chi connectivity index (χ0) is 13.1. The molecule has 100 valence electrons. The Morgan fingerprint density at radius 3 is 2.65 bits per heavy atom. The van der Waals surface area contributed by atoms with Crippen molar-refractivity contribution in [3.05, 3.63) is 0 Å². The molecule has 17 heavy (non-hydrogen) atoms. The fourth-order valence-corrected chi connectivity index (χ4v) is 2.60. The zero-order valence-corrected chi connectivity index (χ0v) is 10.5. The monoisotopic (exact) mass is 267 g/mol. The van der Waals surface area contributed by atoms with Gasteiger partial charge < -0.3 is 15.2 Å². The van der Waals surface area contributed by atoms with Gasteiger partial charge in [-0.05, 0) is 13.3 Å². The van der Waals surface area contributed by atoms with Crippen LogP contribution in [0.25, 0.3) is 0 Å². The average molecular weight is 267 g/mol. The van der Waals surface area contributed by atoms with Crippen molar-refractivity contribution in [1.82, 2.24) is 9.44 Å². The molecular weight excluding hydrogens is 250 g/mol. The molecule has 0 aromatic carbocycles. The second kappa shape index (κ2) is 5.63. The molecule has 3 unspecified atom stereocenters. The Labute approximate surface area is 100 Å². The summed E-state index contributed by atoms with van der Waals surface area (Å²) in [6.07, 6.45) is -0.734. The molecule has 0 aliphatic heterocycles. The summed E-state index contributed by atoms with van der Waals surface area (Å²) in [7, 11) is -2.90. The molecule has 1 fully saturated rings. The van der Waals surface area contributed by atoms with Crippen LogP contribution in [-0.4, -0.2) is 46.4 Å². The normalized spacial score (nSPS) is 28.3. The molecule has 0 radical (unpaired) electrons. The Kier molecular flexibility index (Phi) is 4.69. The standard InChI is InChI=1S/C8H17N3O5S/c1-3-16-6-4-5(9)7(6)10-17(13,14)11-8(12)15-2/h5-7,10H,3-4,9H2,1-2H3,(H,11,12). The second-order valence-electron chi connectivity index (χ2n) is 3.63. The maximum Gasteiger partial charge on any atom is 0.421 e. The quantitative estimate of drug-likeness (QED) is 0.568. The summed E-state index contributed by atoms with van der Waals surface area (Å²) >= 11 is 0. The van der Waals surface area contributed by atoms with Crippen LogP contribution in [0.5, 0.6) is 0 Å². The summed E-state index contributed by atoms with van der Waals surface area (Å²) < 4.78 is 36.3. The van der Waals surface area contributed by atoms with Crippen molar-refractivity contribution in [3.63, 3.8) is 0 Å². The van der Waals surface area contributed by atoms with E-state index in [2.05, 4.69) is 9.46 Å². The van der Waals surface area contributed by atoms with Gasteiger partial charge in [-0.15, -0.1) is 0 Å². The van der Waals surface area contributed by atoms with Gasteiger partial charge in [-0.3, -0.25) is 0 Å². The summed E-state index contributed by atoms with van der Waals surface area (Å²) in [6.45, 7) is 2.28. The molecule has 1 saturated carbocycles. The third-order valence-electron chi connectivity index (χ3n) is 2.44. The van der Waals surface area contributed by atoms with E-state index in [9.17, 15) is 13.2 Å². The van der Waals surface area contributed by atoms with Gasteiger partial charge in [-0.2, -0.15) is 13.1 Å². The Bertz CT molecular complexity index is 369. The Morgan fingerprint density at radius 1 is 1.53 bits per heavy atom. The van der Waals surface area contributed by atoms with Crippen molar-refractivity contribution in [1.29, 1.82) is 0 Å². The lowest BCUT2D eigenvalue weighted by molar-refractivity contribution is -0.0249. The molecule has 0 aromatic heterocycles. The highest BCUT2D eigenvalue weighted by Crippen LogP contribution is 2.22.